The zero-order valence-corrected chi connectivity index (χ0v) is 9.45. The number of aliphatic hydroxyl groups excluding tert-OH is 1. The maximum Gasteiger partial charge on any atom is 0.305 e. The number of hydrogen-bond donors (Lipinski definition) is 1. The summed E-state index contributed by atoms with van der Waals surface area (Å²) in [4.78, 5) is 13.1. The Morgan fingerprint density at radius 1 is 1.40 bits per heavy atom. The van der Waals surface area contributed by atoms with Crippen molar-refractivity contribution in [3.8, 4) is 0 Å². The van der Waals surface area contributed by atoms with Crippen molar-refractivity contribution < 1.29 is 14.6 Å². The fourth-order valence-electron chi connectivity index (χ4n) is 1.92. The fraction of sp³-hybridized carbons (Fsp3) is 0.909. The smallest absolute Gasteiger partial charge is 0.305 e. The van der Waals surface area contributed by atoms with E-state index in [1.807, 2.05) is 0 Å². The van der Waals surface area contributed by atoms with E-state index in [1.165, 1.54) is 26.4 Å². The minimum absolute atomic E-state index is 0.243. The van der Waals surface area contributed by atoms with Crippen LogP contribution in [0.5, 0.6) is 0 Å². The largest absolute Gasteiger partial charge is 0.469 e. The summed E-state index contributed by atoms with van der Waals surface area (Å²) < 4.78 is 4.53. The van der Waals surface area contributed by atoms with Crippen LogP contribution >= 0.6 is 0 Å². The van der Waals surface area contributed by atoms with E-state index in [9.17, 15) is 9.90 Å². The van der Waals surface area contributed by atoms with Crippen molar-refractivity contribution in [2.45, 2.75) is 38.2 Å². The van der Waals surface area contributed by atoms with Crippen molar-refractivity contribution in [1.82, 2.24) is 4.90 Å². The van der Waals surface area contributed by atoms with Crippen molar-refractivity contribution in [3.63, 3.8) is 0 Å². The molecule has 0 aromatic heterocycles. The van der Waals surface area contributed by atoms with Gasteiger partial charge in [0.1, 0.15) is 0 Å². The van der Waals surface area contributed by atoms with Crippen LogP contribution in [-0.2, 0) is 9.53 Å². The molecule has 88 valence electrons. The lowest BCUT2D eigenvalue weighted by Crippen LogP contribution is -2.36. The van der Waals surface area contributed by atoms with Gasteiger partial charge in [0.05, 0.1) is 13.2 Å². The normalized spacial score (nSPS) is 19.9. The first-order valence-corrected chi connectivity index (χ1v) is 5.69. The number of carbonyl (C=O) groups excluding carboxylic acids is 1. The number of piperidine rings is 1. The van der Waals surface area contributed by atoms with E-state index in [1.54, 1.807) is 0 Å². The number of β-amino-alcohol motifs (C(OH)–C–C–N with tert-alkyl or cyclic N) is 1. The SMILES string of the molecule is COC(=O)CCC(O)CN1CCCCC1. The number of hydrogen-bond acceptors (Lipinski definition) is 4. The van der Waals surface area contributed by atoms with Crippen molar-refractivity contribution >= 4 is 5.97 Å². The van der Waals surface area contributed by atoms with E-state index < -0.39 is 6.10 Å². The number of nitrogens with zero attached hydrogens (tertiary/aromatic N) is 1. The summed E-state index contributed by atoms with van der Waals surface area (Å²) in [5, 5.41) is 9.70. The summed E-state index contributed by atoms with van der Waals surface area (Å²) in [5.41, 5.74) is 0. The van der Waals surface area contributed by atoms with Gasteiger partial charge in [0.15, 0.2) is 0 Å². The van der Waals surface area contributed by atoms with Gasteiger partial charge in [-0.1, -0.05) is 6.42 Å². The molecule has 0 aromatic carbocycles. The van der Waals surface area contributed by atoms with Gasteiger partial charge >= 0.3 is 5.97 Å². The quantitative estimate of drug-likeness (QED) is 0.689. The lowest BCUT2D eigenvalue weighted by molar-refractivity contribution is -0.141. The Kier molecular flexibility index (Phi) is 5.65. The van der Waals surface area contributed by atoms with Crippen LogP contribution < -0.4 is 0 Å². The maximum atomic E-state index is 10.9. The summed E-state index contributed by atoms with van der Waals surface area (Å²) in [7, 11) is 1.37. The summed E-state index contributed by atoms with van der Waals surface area (Å²) in [6.07, 6.45) is 4.17. The van der Waals surface area contributed by atoms with Gasteiger partial charge in [0.2, 0.25) is 0 Å². The van der Waals surface area contributed by atoms with Gasteiger partial charge in [-0.3, -0.25) is 4.79 Å². The van der Waals surface area contributed by atoms with Gasteiger partial charge in [0.25, 0.3) is 0 Å². The van der Waals surface area contributed by atoms with Crippen molar-refractivity contribution in [2.24, 2.45) is 0 Å². The van der Waals surface area contributed by atoms with E-state index in [0.717, 1.165) is 13.1 Å². The Labute approximate surface area is 91.2 Å². The molecule has 0 spiro atoms. The Bertz CT molecular complexity index is 190. The molecule has 1 fully saturated rings. The molecular weight excluding hydrogens is 194 g/mol. The molecule has 0 amide bonds. The summed E-state index contributed by atoms with van der Waals surface area (Å²) in [6.45, 7) is 2.85. The summed E-state index contributed by atoms with van der Waals surface area (Å²) in [6, 6.07) is 0. The van der Waals surface area contributed by atoms with Crippen molar-refractivity contribution in [2.75, 3.05) is 26.7 Å². The average molecular weight is 215 g/mol. The predicted octanol–water partition coefficient (Wildman–Crippen LogP) is 0.786. The van der Waals surface area contributed by atoms with Crippen LogP contribution in [0.3, 0.4) is 0 Å². The summed E-state index contributed by atoms with van der Waals surface area (Å²) >= 11 is 0. The lowest BCUT2D eigenvalue weighted by Gasteiger charge is -2.28. The molecule has 0 aliphatic carbocycles. The van der Waals surface area contributed by atoms with E-state index in [-0.39, 0.29) is 5.97 Å². The van der Waals surface area contributed by atoms with Crippen molar-refractivity contribution in [3.05, 3.63) is 0 Å². The zero-order chi connectivity index (χ0) is 11.1. The van der Waals surface area contributed by atoms with Crippen LogP contribution in [0.15, 0.2) is 0 Å². The molecule has 1 saturated heterocycles. The number of carbonyl (C=O) groups is 1. The lowest BCUT2D eigenvalue weighted by atomic mass is 10.1. The molecule has 1 atom stereocenters. The Balaban J connectivity index is 2.11. The highest BCUT2D eigenvalue weighted by molar-refractivity contribution is 5.69. The van der Waals surface area contributed by atoms with Crippen LogP contribution in [0.4, 0.5) is 0 Å². The Hall–Kier alpha value is -0.610. The molecule has 1 rings (SSSR count). The van der Waals surface area contributed by atoms with Crippen LogP contribution in [0.25, 0.3) is 0 Å². The van der Waals surface area contributed by atoms with Gasteiger partial charge < -0.3 is 14.7 Å². The number of rotatable bonds is 5. The van der Waals surface area contributed by atoms with Crippen molar-refractivity contribution in [1.29, 1.82) is 0 Å². The van der Waals surface area contributed by atoms with Gasteiger partial charge in [0, 0.05) is 13.0 Å². The molecule has 1 unspecified atom stereocenters. The van der Waals surface area contributed by atoms with E-state index in [2.05, 4.69) is 9.64 Å². The minimum Gasteiger partial charge on any atom is -0.469 e. The second kappa shape index (κ2) is 6.80. The fourth-order valence-corrected chi connectivity index (χ4v) is 1.92. The summed E-state index contributed by atoms with van der Waals surface area (Å²) in [5.74, 6) is -0.243. The molecule has 1 N–H and O–H groups in total. The number of likely N-dealkylation sites (tertiary alicyclic amines) is 1. The number of esters is 1. The highest BCUT2D eigenvalue weighted by Crippen LogP contribution is 2.10. The van der Waals surface area contributed by atoms with Crippen LogP contribution in [0.1, 0.15) is 32.1 Å². The standard InChI is InChI=1S/C11H21NO3/c1-15-11(14)6-5-10(13)9-12-7-3-2-4-8-12/h10,13H,2-9H2,1H3. The molecule has 1 aliphatic heterocycles. The predicted molar refractivity (Wildman–Crippen MR) is 57.5 cm³/mol. The average Bonchev–Trinajstić information content (AvgIpc) is 2.27. The molecule has 0 bridgehead atoms. The van der Waals surface area contributed by atoms with E-state index >= 15 is 0 Å². The highest BCUT2D eigenvalue weighted by Gasteiger charge is 2.15. The Morgan fingerprint density at radius 3 is 2.67 bits per heavy atom. The number of aliphatic hydroxyl groups is 1. The first kappa shape index (κ1) is 12.5. The molecule has 15 heavy (non-hydrogen) atoms. The molecule has 0 saturated carbocycles. The third-order valence-corrected chi connectivity index (χ3v) is 2.83. The van der Waals surface area contributed by atoms with Gasteiger partial charge in [-0.15, -0.1) is 0 Å². The maximum absolute atomic E-state index is 10.9. The molecule has 4 nitrogen and oxygen atoms in total. The third kappa shape index (κ3) is 5.14. The molecule has 0 radical (unpaired) electrons. The first-order chi connectivity index (χ1) is 7.22. The number of methoxy groups -OCH3 is 1. The second-order valence-corrected chi connectivity index (χ2v) is 4.13. The van der Waals surface area contributed by atoms with E-state index in [0.29, 0.717) is 19.4 Å². The van der Waals surface area contributed by atoms with Gasteiger partial charge in [-0.25, -0.2) is 0 Å². The molecule has 1 heterocycles. The topological polar surface area (TPSA) is 49.8 Å². The van der Waals surface area contributed by atoms with Crippen LogP contribution in [0.2, 0.25) is 0 Å². The van der Waals surface area contributed by atoms with E-state index in [4.69, 9.17) is 0 Å². The second-order valence-electron chi connectivity index (χ2n) is 4.13. The molecular formula is C11H21NO3. The first-order valence-electron chi connectivity index (χ1n) is 5.69. The zero-order valence-electron chi connectivity index (χ0n) is 9.45. The molecule has 4 heteroatoms. The number of ether oxygens (including phenoxy) is 1. The molecule has 0 aromatic rings. The van der Waals surface area contributed by atoms with Gasteiger partial charge in [-0.05, 0) is 32.4 Å². The van der Waals surface area contributed by atoms with Crippen LogP contribution in [0, 0.1) is 0 Å². The monoisotopic (exact) mass is 215 g/mol. The molecule has 1 aliphatic rings. The minimum atomic E-state index is -0.401. The van der Waals surface area contributed by atoms with Crippen LogP contribution in [-0.4, -0.2) is 48.8 Å². The van der Waals surface area contributed by atoms with Gasteiger partial charge in [-0.2, -0.15) is 0 Å². The third-order valence-electron chi connectivity index (χ3n) is 2.83. The highest BCUT2D eigenvalue weighted by atomic mass is 16.5. The Morgan fingerprint density at radius 2 is 2.07 bits per heavy atom.